The van der Waals surface area contributed by atoms with Gasteiger partial charge in [-0.05, 0) is 270 Å². The van der Waals surface area contributed by atoms with Crippen molar-refractivity contribution < 1.29 is 26.9 Å². The van der Waals surface area contributed by atoms with E-state index in [0.717, 1.165) is 101 Å². The van der Waals surface area contributed by atoms with Crippen LogP contribution in [0, 0.1) is 110 Å². The first kappa shape index (κ1) is 92.8. The molecule has 6 nitrogen and oxygen atoms in total. The molecule has 17 atom stereocenters. The molecule has 12 aliphatic heterocycles. The molecule has 12 fully saturated rings. The Balaban J connectivity index is 0.000000563. The summed E-state index contributed by atoms with van der Waals surface area (Å²) in [5.41, 5.74) is 0. The fourth-order valence-corrected chi connectivity index (χ4v) is 22.9. The molecule has 6 spiro atoms. The van der Waals surface area contributed by atoms with E-state index in [-0.39, 0.29) is 44.6 Å². The Hall–Kier alpha value is -0.240. The third-order valence-electron chi connectivity index (χ3n) is 31.6. The molecule has 12 aliphatic rings. The van der Waals surface area contributed by atoms with Gasteiger partial charge in [0.15, 0.2) is 0 Å². The van der Waals surface area contributed by atoms with Gasteiger partial charge in [-0.25, -0.2) is 0 Å². The van der Waals surface area contributed by atoms with Crippen LogP contribution in [0.3, 0.4) is 0 Å². The lowest BCUT2D eigenvalue weighted by Crippen LogP contribution is -2.62. The average molecular weight is 1340 g/mol. The molecule has 0 aromatic rings. The Morgan fingerprint density at radius 1 is 0.200 bits per heavy atom. The van der Waals surface area contributed by atoms with Gasteiger partial charge in [-0.1, -0.05) is 76.2 Å². The summed E-state index contributed by atoms with van der Waals surface area (Å²) in [6, 6.07) is 5.48. The maximum absolute atomic E-state index is 2.53. The van der Waals surface area contributed by atoms with Gasteiger partial charge in [0.1, 0.15) is 0 Å². The van der Waals surface area contributed by atoms with Gasteiger partial charge in [0.2, 0.25) is 0 Å². The fourth-order valence-electron chi connectivity index (χ4n) is 22.9. The molecule has 0 N–H and O–H groups in total. The number of rotatable bonds is 0. The molecule has 12 saturated heterocycles. The van der Waals surface area contributed by atoms with Gasteiger partial charge in [0.25, 0.3) is 0 Å². The van der Waals surface area contributed by atoms with Gasteiger partial charge in [0.05, 0.1) is 154 Å². The van der Waals surface area contributed by atoms with Gasteiger partial charge in [0, 0.05) is 36.0 Å². The van der Waals surface area contributed by atoms with Crippen molar-refractivity contribution >= 4 is 0 Å². The van der Waals surface area contributed by atoms with Crippen molar-refractivity contribution in [3.63, 3.8) is 0 Å². The Morgan fingerprint density at radius 2 is 0.579 bits per heavy atom. The summed E-state index contributed by atoms with van der Waals surface area (Å²) in [5.74, 6) is 10.4. The first-order chi connectivity index (χ1) is 42.5. The molecular formula is C89H184N6. The minimum atomic E-state index is 0. The van der Waals surface area contributed by atoms with Crippen molar-refractivity contribution in [3.05, 3.63) is 44.6 Å². The number of hydrogen-bond donors (Lipinski definition) is 0. The van der Waals surface area contributed by atoms with E-state index in [1.54, 1.807) is 0 Å². The normalized spacial score (nSPS) is 38.3. The van der Waals surface area contributed by atoms with Gasteiger partial charge in [-0.2, -0.15) is 0 Å². The molecule has 570 valence electrons. The smallest absolute Gasteiger partial charge is 0.0890 e. The van der Waals surface area contributed by atoms with Crippen LogP contribution in [-0.2, 0) is 0 Å². The number of nitrogens with zero attached hydrogens (tertiary/aromatic N) is 6. The van der Waals surface area contributed by atoms with Crippen LogP contribution in [0.5, 0.6) is 0 Å². The zero-order valence-electron chi connectivity index (χ0n) is 70.1. The molecule has 12 rings (SSSR count). The lowest BCUT2D eigenvalue weighted by atomic mass is 9.86. The lowest BCUT2D eigenvalue weighted by Gasteiger charge is -2.50. The van der Waals surface area contributed by atoms with Gasteiger partial charge in [-0.3, -0.25) is 0 Å². The van der Waals surface area contributed by atoms with Crippen molar-refractivity contribution in [1.29, 1.82) is 0 Å². The van der Waals surface area contributed by atoms with Gasteiger partial charge < -0.3 is 71.5 Å². The van der Waals surface area contributed by atoms with Crippen LogP contribution in [0.25, 0.3) is 0 Å². The minimum absolute atomic E-state index is 0. The molecule has 0 aromatic carbocycles. The minimum Gasteiger partial charge on any atom is -0.358 e. The van der Waals surface area contributed by atoms with E-state index in [1.807, 2.05) is 0 Å². The second kappa shape index (κ2) is 43.8. The fraction of sp³-hybridized carbons (Fsp3) is 0.933. The highest BCUT2D eigenvalue weighted by molar-refractivity contribution is 4.80. The largest absolute Gasteiger partial charge is 0.358 e. The zero-order valence-corrected chi connectivity index (χ0v) is 70.1. The molecule has 0 saturated carbocycles. The van der Waals surface area contributed by atoms with Crippen molar-refractivity contribution in [2.75, 3.05) is 118 Å². The van der Waals surface area contributed by atoms with Gasteiger partial charge in [-0.15, -0.1) is 0 Å². The highest BCUT2D eigenvalue weighted by Crippen LogP contribution is 2.41. The van der Waals surface area contributed by atoms with Gasteiger partial charge >= 0.3 is 0 Å². The second-order valence-corrected chi connectivity index (χ2v) is 37.0. The summed E-state index contributed by atoms with van der Waals surface area (Å²) in [6.45, 7) is 68.8. The highest BCUT2D eigenvalue weighted by atomic mass is 15.4. The van der Waals surface area contributed by atoms with E-state index in [0.29, 0.717) is 0 Å². The SMILES string of the molecule is CC1CCC(C)C(C)[N+]2(CCCCC2)C1.CC1CCCC(C)[N+]2(CCCCC2)C1C.CC1CCC[N+]2(CCCCC2)C(C)C1C.CC1CC[N+]2(CCCCC2)C(C)C(C)C1.CC1CC[N+]2(CCCCC2)C(C)CC1C.CC1CC[N+]2(CCCCC2)CCC1C.[CH3-].[CH3-].[CH3-].[CH3-].[CH3-].[CH3-]. The van der Waals surface area contributed by atoms with E-state index in [1.165, 1.54) is 344 Å². The van der Waals surface area contributed by atoms with Crippen LogP contribution in [0.15, 0.2) is 0 Å². The van der Waals surface area contributed by atoms with E-state index < -0.39 is 0 Å². The maximum atomic E-state index is 2.53. The van der Waals surface area contributed by atoms with Crippen LogP contribution in [0.1, 0.15) is 317 Å². The van der Waals surface area contributed by atoms with Crippen LogP contribution in [0.4, 0.5) is 0 Å². The van der Waals surface area contributed by atoms with Crippen molar-refractivity contribution in [1.82, 2.24) is 0 Å². The molecular weight excluding hydrogens is 1150 g/mol. The molecule has 12 heterocycles. The predicted octanol–water partition coefficient (Wildman–Crippen LogP) is 23.1. The van der Waals surface area contributed by atoms with Crippen LogP contribution in [-0.4, -0.2) is 181 Å². The van der Waals surface area contributed by atoms with Crippen molar-refractivity contribution in [2.45, 2.75) is 353 Å². The van der Waals surface area contributed by atoms with E-state index in [4.69, 9.17) is 0 Å². The first-order valence-corrected chi connectivity index (χ1v) is 41.6. The molecule has 6 heteroatoms. The Morgan fingerprint density at radius 3 is 1.08 bits per heavy atom. The van der Waals surface area contributed by atoms with Crippen molar-refractivity contribution in [2.24, 2.45) is 65.1 Å². The maximum Gasteiger partial charge on any atom is 0.0890 e. The molecule has 0 amide bonds. The summed E-state index contributed by atoms with van der Waals surface area (Å²) < 4.78 is 8.80. The van der Waals surface area contributed by atoms with E-state index in [9.17, 15) is 0 Å². The van der Waals surface area contributed by atoms with Crippen molar-refractivity contribution in [3.8, 4) is 0 Å². The summed E-state index contributed by atoms with van der Waals surface area (Å²) in [6.07, 6.45) is 45.7. The zero-order chi connectivity index (χ0) is 64.5. The molecule has 17 unspecified atom stereocenters. The summed E-state index contributed by atoms with van der Waals surface area (Å²) >= 11 is 0. The summed E-state index contributed by atoms with van der Waals surface area (Å²) in [5, 5.41) is 0. The summed E-state index contributed by atoms with van der Waals surface area (Å²) in [7, 11) is 0. The summed E-state index contributed by atoms with van der Waals surface area (Å²) in [4.78, 5) is 0. The molecule has 0 aromatic heterocycles. The van der Waals surface area contributed by atoms with Crippen LogP contribution >= 0.6 is 0 Å². The van der Waals surface area contributed by atoms with Crippen LogP contribution in [0.2, 0.25) is 0 Å². The monoisotopic (exact) mass is 1340 g/mol. The third kappa shape index (κ3) is 24.7. The Bertz CT molecular complexity index is 1890. The predicted molar refractivity (Wildman–Crippen MR) is 428 cm³/mol. The van der Waals surface area contributed by atoms with Crippen LogP contribution < -0.4 is 0 Å². The quantitative estimate of drug-likeness (QED) is 0.168. The Labute approximate surface area is 604 Å². The molecule has 95 heavy (non-hydrogen) atoms. The number of hydrogen-bond acceptors (Lipinski definition) is 0. The van der Waals surface area contributed by atoms with E-state index >= 15 is 0 Å². The molecule has 0 radical (unpaired) electrons. The second-order valence-electron chi connectivity index (χ2n) is 37.0. The molecule has 0 bridgehead atoms. The third-order valence-corrected chi connectivity index (χ3v) is 31.6. The molecule has 0 aliphatic carbocycles. The highest BCUT2D eigenvalue weighted by Gasteiger charge is 2.47. The first-order valence-electron chi connectivity index (χ1n) is 41.6. The number of piperidine rings is 6. The Kier molecular flexibility index (Phi) is 42.7. The standard InChI is InChI=1S/5C14H28N.C13H26N.6CH3/c1-12-8-7-9-13(2)15(14(12)3)10-5-4-6-11-15;1-12-7-8-13(2)14(3)15(11-12)9-5-4-6-10-15;1-12-8-7-11-15(14(3)13(12)2)9-5-4-6-10-15;1-12-7-10-15(8-5-4-6-9-15)14(3)11-13(12)2;1-12-7-10-15(8-5-4-6-9-15)14(3)13(2)11-12;1-12-6-10-14(11-7-13(12)2)8-4-3-5-9-14;;;;;;/h5*12-14H,4-11H2,1-3H3;12-13H,3-11H2,1-2H3;6*1H3/q6*+1;6*-1. The topological polar surface area (TPSA) is 0 Å². The van der Waals surface area contributed by atoms with E-state index in [2.05, 4.69) is 118 Å². The number of quaternary nitrogens is 6. The average Bonchev–Trinajstić information content (AvgIpc) is 1.73. The lowest BCUT2D eigenvalue weighted by molar-refractivity contribution is -0.976.